The van der Waals surface area contributed by atoms with E-state index in [0.29, 0.717) is 49.6 Å². The van der Waals surface area contributed by atoms with Crippen molar-refractivity contribution in [3.63, 3.8) is 0 Å². The van der Waals surface area contributed by atoms with E-state index in [9.17, 15) is 14.4 Å². The summed E-state index contributed by atoms with van der Waals surface area (Å²) in [5.41, 5.74) is 2.81. The van der Waals surface area contributed by atoms with Gasteiger partial charge in [0.05, 0.1) is 38.0 Å². The van der Waals surface area contributed by atoms with Gasteiger partial charge >= 0.3 is 5.97 Å². The number of allylic oxidation sites excluding steroid dienone is 1. The Morgan fingerprint density at radius 2 is 1.71 bits per heavy atom. The van der Waals surface area contributed by atoms with Crippen molar-refractivity contribution in [2.45, 2.75) is 32.7 Å². The topological polar surface area (TPSA) is 91.8 Å². The summed E-state index contributed by atoms with van der Waals surface area (Å²) in [7, 11) is 2.97. The number of piperazine rings is 1. The summed E-state index contributed by atoms with van der Waals surface area (Å²) in [4.78, 5) is 48.1. The van der Waals surface area contributed by atoms with Crippen LogP contribution in [0.25, 0.3) is 0 Å². The van der Waals surface area contributed by atoms with Crippen molar-refractivity contribution >= 4 is 34.7 Å². The molecule has 35 heavy (non-hydrogen) atoms. The molecule has 1 fully saturated rings. The molecular weight excluding hydrogens is 468 g/mol. The molecule has 0 unspecified atom stereocenters. The molecule has 186 valence electrons. The molecule has 0 aromatic heterocycles. The molecule has 0 saturated carbocycles. The van der Waals surface area contributed by atoms with Crippen molar-refractivity contribution in [2.24, 2.45) is 4.99 Å². The Morgan fingerprint density at radius 3 is 2.29 bits per heavy atom. The first-order valence-electron chi connectivity index (χ1n) is 11.6. The fourth-order valence-electron chi connectivity index (χ4n) is 4.55. The van der Waals surface area contributed by atoms with Crippen LogP contribution in [0.2, 0.25) is 0 Å². The minimum atomic E-state index is -0.473. The normalized spacial score (nSPS) is 19.8. The Kier molecular flexibility index (Phi) is 7.49. The van der Waals surface area contributed by atoms with E-state index in [2.05, 4.69) is 0 Å². The number of aliphatic imine (C=N–C) groups is 1. The molecule has 1 aromatic rings. The van der Waals surface area contributed by atoms with E-state index in [-0.39, 0.29) is 18.2 Å². The van der Waals surface area contributed by atoms with Gasteiger partial charge in [0.1, 0.15) is 5.75 Å². The Labute approximate surface area is 209 Å². The van der Waals surface area contributed by atoms with Crippen molar-refractivity contribution in [3.05, 3.63) is 52.2 Å². The van der Waals surface area contributed by atoms with E-state index < -0.39 is 12.0 Å². The van der Waals surface area contributed by atoms with Crippen LogP contribution in [0.1, 0.15) is 38.3 Å². The lowest BCUT2D eigenvalue weighted by molar-refractivity contribution is -0.138. The molecule has 0 radical (unpaired) electrons. The molecule has 1 saturated heterocycles. The third-order valence-corrected chi connectivity index (χ3v) is 7.36. The molecule has 3 heterocycles. The lowest BCUT2D eigenvalue weighted by Crippen LogP contribution is -2.50. The van der Waals surface area contributed by atoms with Crippen LogP contribution in [0.4, 0.5) is 0 Å². The monoisotopic (exact) mass is 498 g/mol. The van der Waals surface area contributed by atoms with E-state index in [0.717, 1.165) is 16.4 Å². The number of hydrogen-bond donors (Lipinski definition) is 0. The Hall–Kier alpha value is -3.27. The Bertz CT molecular complexity index is 1100. The number of fused-ring (bicyclic) bond motifs is 1. The van der Waals surface area contributed by atoms with Gasteiger partial charge in [0.15, 0.2) is 5.17 Å². The maximum Gasteiger partial charge on any atom is 0.338 e. The highest BCUT2D eigenvalue weighted by atomic mass is 32.2. The van der Waals surface area contributed by atoms with Crippen molar-refractivity contribution in [1.82, 2.24) is 14.7 Å². The molecule has 0 aliphatic carbocycles. The Morgan fingerprint density at radius 1 is 1.06 bits per heavy atom. The highest BCUT2D eigenvalue weighted by Crippen LogP contribution is 2.45. The van der Waals surface area contributed by atoms with Gasteiger partial charge in [0, 0.05) is 38.8 Å². The van der Waals surface area contributed by atoms with Crippen LogP contribution in [0, 0.1) is 0 Å². The van der Waals surface area contributed by atoms with Gasteiger partial charge in [0.2, 0.25) is 11.8 Å². The van der Waals surface area contributed by atoms with E-state index in [1.165, 1.54) is 18.9 Å². The molecule has 0 N–H and O–H groups in total. The predicted octanol–water partition coefficient (Wildman–Crippen LogP) is 2.91. The maximum atomic E-state index is 13.2. The number of amidine groups is 1. The summed E-state index contributed by atoms with van der Waals surface area (Å²) >= 11 is 1.45. The standard InChI is InChI=1S/C25H30N4O5S/c1-5-20-22(24(32)34-4)23(17-6-8-19(33-3)9-7-17)29-18(15-35-25(29)26-20)14-21(31)28-12-10-27(11-13-28)16(2)30/h6-9,15,23H,5,10-14H2,1-4H3/t23-/m1/s1. The number of carbonyl (C=O) groups excluding carboxylic acids is 3. The molecule has 0 spiro atoms. The van der Waals surface area contributed by atoms with Crippen molar-refractivity contribution in [1.29, 1.82) is 0 Å². The third kappa shape index (κ3) is 4.93. The lowest BCUT2D eigenvalue weighted by atomic mass is 9.92. The molecule has 9 nitrogen and oxygen atoms in total. The first kappa shape index (κ1) is 24.8. The van der Waals surface area contributed by atoms with Crippen LogP contribution in [0.5, 0.6) is 5.75 Å². The molecule has 3 aliphatic heterocycles. The summed E-state index contributed by atoms with van der Waals surface area (Å²) in [6.45, 7) is 5.60. The number of amides is 2. The summed E-state index contributed by atoms with van der Waals surface area (Å²) < 4.78 is 10.5. The lowest BCUT2D eigenvalue weighted by Gasteiger charge is -2.38. The molecular formula is C25H30N4O5S. The number of ether oxygens (including phenoxy) is 2. The number of thioether (sulfide) groups is 1. The maximum absolute atomic E-state index is 13.2. The van der Waals surface area contributed by atoms with Crippen LogP contribution in [0.3, 0.4) is 0 Å². The van der Waals surface area contributed by atoms with Crippen molar-refractivity contribution < 1.29 is 23.9 Å². The number of rotatable bonds is 6. The zero-order chi connectivity index (χ0) is 25.1. The molecule has 1 aromatic carbocycles. The number of hydrogen-bond acceptors (Lipinski definition) is 8. The fraction of sp³-hybridized carbons (Fsp3) is 0.440. The summed E-state index contributed by atoms with van der Waals surface area (Å²) in [5.74, 6) is 0.287. The number of benzene rings is 1. The van der Waals surface area contributed by atoms with E-state index in [4.69, 9.17) is 14.5 Å². The van der Waals surface area contributed by atoms with Gasteiger partial charge in [-0.1, -0.05) is 30.8 Å². The van der Waals surface area contributed by atoms with Gasteiger partial charge in [-0.05, 0) is 29.5 Å². The summed E-state index contributed by atoms with van der Waals surface area (Å²) in [6.07, 6.45) is 0.748. The Balaban J connectivity index is 1.63. The minimum absolute atomic E-state index is 0.0142. The van der Waals surface area contributed by atoms with Crippen LogP contribution >= 0.6 is 11.8 Å². The first-order valence-corrected chi connectivity index (χ1v) is 12.5. The SMILES string of the molecule is CCC1=C(C(=O)OC)[C@@H](c2ccc(OC)cc2)N2C(CC(=O)N3CCN(C(C)=O)CC3)=CSC2=N1. The second kappa shape index (κ2) is 10.6. The number of methoxy groups -OCH3 is 2. The third-order valence-electron chi connectivity index (χ3n) is 6.47. The van der Waals surface area contributed by atoms with Gasteiger partial charge in [-0.2, -0.15) is 0 Å². The number of esters is 1. The highest BCUT2D eigenvalue weighted by Gasteiger charge is 2.41. The van der Waals surface area contributed by atoms with Gasteiger partial charge in [-0.15, -0.1) is 0 Å². The number of carbonyl (C=O) groups is 3. The summed E-state index contributed by atoms with van der Waals surface area (Å²) in [6, 6.07) is 7.08. The van der Waals surface area contributed by atoms with Gasteiger partial charge in [0.25, 0.3) is 0 Å². The smallest absolute Gasteiger partial charge is 0.338 e. The van der Waals surface area contributed by atoms with Crippen LogP contribution in [-0.2, 0) is 19.1 Å². The quantitative estimate of drug-likeness (QED) is 0.557. The average molecular weight is 499 g/mol. The summed E-state index contributed by atoms with van der Waals surface area (Å²) in [5, 5.41) is 2.67. The van der Waals surface area contributed by atoms with E-state index in [1.54, 1.807) is 23.8 Å². The molecule has 4 rings (SSSR count). The highest BCUT2D eigenvalue weighted by molar-refractivity contribution is 8.16. The van der Waals surface area contributed by atoms with Gasteiger partial charge < -0.3 is 24.2 Å². The molecule has 2 amide bonds. The van der Waals surface area contributed by atoms with E-state index >= 15 is 0 Å². The first-order chi connectivity index (χ1) is 16.9. The van der Waals surface area contributed by atoms with Crippen molar-refractivity contribution in [3.8, 4) is 5.75 Å². The molecule has 0 bridgehead atoms. The van der Waals surface area contributed by atoms with Crippen LogP contribution in [-0.4, -0.2) is 78.0 Å². The van der Waals surface area contributed by atoms with Gasteiger partial charge in [-0.3, -0.25) is 9.59 Å². The molecule has 3 aliphatic rings. The second-order valence-electron chi connectivity index (χ2n) is 8.44. The largest absolute Gasteiger partial charge is 0.497 e. The zero-order valence-electron chi connectivity index (χ0n) is 20.4. The van der Waals surface area contributed by atoms with Crippen molar-refractivity contribution in [2.75, 3.05) is 40.4 Å². The fourth-order valence-corrected chi connectivity index (χ4v) is 5.49. The predicted molar refractivity (Wildman–Crippen MR) is 133 cm³/mol. The average Bonchev–Trinajstić information content (AvgIpc) is 3.29. The number of nitrogens with zero attached hydrogens (tertiary/aromatic N) is 4. The second-order valence-corrected chi connectivity index (χ2v) is 9.27. The van der Waals surface area contributed by atoms with E-state index in [1.807, 2.05) is 41.5 Å². The minimum Gasteiger partial charge on any atom is -0.497 e. The van der Waals surface area contributed by atoms with Crippen LogP contribution in [0.15, 0.2) is 51.6 Å². The molecule has 1 atom stereocenters. The molecule has 10 heteroatoms. The van der Waals surface area contributed by atoms with Crippen LogP contribution < -0.4 is 4.74 Å². The van der Waals surface area contributed by atoms with Gasteiger partial charge in [-0.25, -0.2) is 9.79 Å². The zero-order valence-corrected chi connectivity index (χ0v) is 21.3.